The Bertz CT molecular complexity index is 462. The lowest BCUT2D eigenvalue weighted by Gasteiger charge is -2.25. The minimum atomic E-state index is -0.814. The Labute approximate surface area is 95.0 Å². The first-order valence-corrected chi connectivity index (χ1v) is 5.65. The van der Waals surface area contributed by atoms with Crippen molar-refractivity contribution in [1.82, 2.24) is 5.32 Å². The van der Waals surface area contributed by atoms with Crippen LogP contribution in [-0.4, -0.2) is 18.6 Å². The van der Waals surface area contributed by atoms with Gasteiger partial charge in [0.1, 0.15) is 6.17 Å². The molecule has 78 valence electrons. The molecule has 1 N–H and O–H groups in total. The zero-order chi connectivity index (χ0) is 10.6. The van der Waals surface area contributed by atoms with Crippen LogP contribution in [0.5, 0.6) is 0 Å². The fraction of sp³-hybridized carbons (Fsp3) is 0.364. The van der Waals surface area contributed by atoms with Gasteiger partial charge in [0.05, 0.1) is 0 Å². The second-order valence-corrected chi connectivity index (χ2v) is 5.12. The van der Waals surface area contributed by atoms with E-state index in [2.05, 4.69) is 21.2 Å². The van der Waals surface area contributed by atoms with Gasteiger partial charge in [-0.05, 0) is 30.2 Å². The average Bonchev–Trinajstić information content (AvgIpc) is 2.85. The molecule has 1 aliphatic carbocycles. The van der Waals surface area contributed by atoms with Crippen molar-refractivity contribution in [3.05, 3.63) is 33.8 Å². The number of rotatable bonds is 0. The molecule has 1 amide bonds. The van der Waals surface area contributed by atoms with Crippen molar-refractivity contribution in [2.75, 3.05) is 6.54 Å². The Morgan fingerprint density at radius 2 is 2.27 bits per heavy atom. The smallest absolute Gasteiger partial charge is 0.251 e. The summed E-state index contributed by atoms with van der Waals surface area (Å²) in [4.78, 5) is 11.6. The van der Waals surface area contributed by atoms with Crippen LogP contribution in [0.4, 0.5) is 4.39 Å². The van der Waals surface area contributed by atoms with Gasteiger partial charge in [-0.25, -0.2) is 4.39 Å². The van der Waals surface area contributed by atoms with Gasteiger partial charge in [-0.1, -0.05) is 15.9 Å². The van der Waals surface area contributed by atoms with Crippen LogP contribution in [0.2, 0.25) is 0 Å². The predicted octanol–water partition coefficient (Wildman–Crippen LogP) is 2.17. The molecule has 1 spiro atoms. The van der Waals surface area contributed by atoms with E-state index in [1.54, 1.807) is 6.07 Å². The molecule has 2 aliphatic rings. The lowest BCUT2D eigenvalue weighted by atomic mass is 9.87. The van der Waals surface area contributed by atoms with E-state index in [-0.39, 0.29) is 5.91 Å². The van der Waals surface area contributed by atoms with Crippen LogP contribution in [0, 0.1) is 0 Å². The van der Waals surface area contributed by atoms with Gasteiger partial charge in [0.25, 0.3) is 5.91 Å². The third kappa shape index (κ3) is 1.17. The molecule has 1 heterocycles. The number of carbonyl (C=O) groups is 1. The van der Waals surface area contributed by atoms with E-state index in [1.165, 1.54) is 0 Å². The molecule has 0 bridgehead atoms. The minimum Gasteiger partial charge on any atom is -0.351 e. The van der Waals surface area contributed by atoms with Gasteiger partial charge in [-0.2, -0.15) is 0 Å². The Morgan fingerprint density at radius 1 is 1.53 bits per heavy atom. The standard InChI is InChI=1S/C11H9BrFNO/c12-6-1-2-7-8(3-6)11(4-9(11)13)5-14-10(7)15/h1-3,9H,4-5H2,(H,14,15)/t9-,11-/m1/s1. The summed E-state index contributed by atoms with van der Waals surface area (Å²) >= 11 is 3.36. The van der Waals surface area contributed by atoms with Crippen LogP contribution in [-0.2, 0) is 5.41 Å². The average molecular weight is 270 g/mol. The van der Waals surface area contributed by atoms with Gasteiger partial charge in [-0.3, -0.25) is 4.79 Å². The number of halogens is 2. The molecule has 1 saturated carbocycles. The van der Waals surface area contributed by atoms with Crippen molar-refractivity contribution < 1.29 is 9.18 Å². The third-order valence-corrected chi connectivity index (χ3v) is 3.80. The maximum absolute atomic E-state index is 13.4. The van der Waals surface area contributed by atoms with E-state index in [1.807, 2.05) is 12.1 Å². The number of fused-ring (bicyclic) bond motifs is 2. The zero-order valence-corrected chi connectivity index (χ0v) is 9.47. The molecule has 0 aromatic heterocycles. The van der Waals surface area contributed by atoms with Gasteiger partial charge >= 0.3 is 0 Å². The fourth-order valence-electron chi connectivity index (χ4n) is 2.28. The summed E-state index contributed by atoms with van der Waals surface area (Å²) in [5.41, 5.74) is 1.03. The van der Waals surface area contributed by atoms with E-state index >= 15 is 0 Å². The van der Waals surface area contributed by atoms with Crippen LogP contribution >= 0.6 is 15.9 Å². The van der Waals surface area contributed by atoms with Crippen LogP contribution in [0.25, 0.3) is 0 Å². The normalized spacial score (nSPS) is 32.4. The highest BCUT2D eigenvalue weighted by molar-refractivity contribution is 9.10. The van der Waals surface area contributed by atoms with E-state index in [0.717, 1.165) is 10.0 Å². The molecular weight excluding hydrogens is 261 g/mol. The van der Waals surface area contributed by atoms with E-state index in [0.29, 0.717) is 18.5 Å². The Balaban J connectivity index is 2.20. The second-order valence-electron chi connectivity index (χ2n) is 4.20. The molecule has 3 rings (SSSR count). The lowest BCUT2D eigenvalue weighted by molar-refractivity contribution is 0.0935. The van der Waals surface area contributed by atoms with E-state index in [9.17, 15) is 9.18 Å². The van der Waals surface area contributed by atoms with Crippen LogP contribution in [0.1, 0.15) is 22.3 Å². The van der Waals surface area contributed by atoms with Gasteiger partial charge in [0, 0.05) is 22.0 Å². The maximum Gasteiger partial charge on any atom is 0.251 e. The molecule has 1 aromatic rings. The van der Waals surface area contributed by atoms with E-state index in [4.69, 9.17) is 0 Å². The summed E-state index contributed by atoms with van der Waals surface area (Å²) in [5, 5.41) is 2.75. The number of benzene rings is 1. The van der Waals surface area contributed by atoms with Crippen molar-refractivity contribution in [3.63, 3.8) is 0 Å². The molecular formula is C11H9BrFNO. The summed E-state index contributed by atoms with van der Waals surface area (Å²) in [5.74, 6) is -0.0952. The van der Waals surface area contributed by atoms with Crippen molar-refractivity contribution in [2.24, 2.45) is 0 Å². The molecule has 15 heavy (non-hydrogen) atoms. The van der Waals surface area contributed by atoms with Gasteiger partial charge in [0.15, 0.2) is 0 Å². The third-order valence-electron chi connectivity index (χ3n) is 3.31. The molecule has 4 heteroatoms. The quantitative estimate of drug-likeness (QED) is 0.769. The number of nitrogens with one attached hydrogen (secondary N) is 1. The van der Waals surface area contributed by atoms with Gasteiger partial charge in [-0.15, -0.1) is 0 Å². The first-order valence-electron chi connectivity index (χ1n) is 4.86. The van der Waals surface area contributed by atoms with Crippen molar-refractivity contribution in [3.8, 4) is 0 Å². The molecule has 0 saturated heterocycles. The molecule has 2 atom stereocenters. The van der Waals surface area contributed by atoms with Crippen molar-refractivity contribution in [2.45, 2.75) is 18.0 Å². The summed E-state index contributed by atoms with van der Waals surface area (Å²) < 4.78 is 14.3. The first kappa shape index (κ1) is 9.33. The lowest BCUT2D eigenvalue weighted by Crippen LogP contribution is -2.40. The summed E-state index contributed by atoms with van der Waals surface area (Å²) in [7, 11) is 0. The summed E-state index contributed by atoms with van der Waals surface area (Å²) in [6, 6.07) is 5.43. The van der Waals surface area contributed by atoms with Crippen LogP contribution < -0.4 is 5.32 Å². The SMILES string of the molecule is O=C1NC[C@]2(C[C@H]2F)c2cc(Br)ccc21. The number of amides is 1. The number of hydrogen-bond donors (Lipinski definition) is 1. The Kier molecular flexibility index (Phi) is 1.75. The highest BCUT2D eigenvalue weighted by Gasteiger charge is 2.59. The van der Waals surface area contributed by atoms with Crippen LogP contribution in [0.3, 0.4) is 0 Å². The predicted molar refractivity (Wildman–Crippen MR) is 57.7 cm³/mol. The topological polar surface area (TPSA) is 29.1 Å². The number of alkyl halides is 1. The highest BCUT2D eigenvalue weighted by Crippen LogP contribution is 2.53. The molecule has 1 aliphatic heterocycles. The minimum absolute atomic E-state index is 0.0952. The Hall–Kier alpha value is -0.900. The summed E-state index contributed by atoms with van der Waals surface area (Å²) in [6.45, 7) is 0.427. The maximum atomic E-state index is 13.4. The molecule has 0 unspecified atom stereocenters. The zero-order valence-electron chi connectivity index (χ0n) is 7.89. The fourth-order valence-corrected chi connectivity index (χ4v) is 2.64. The molecule has 1 aromatic carbocycles. The monoisotopic (exact) mass is 269 g/mol. The second kappa shape index (κ2) is 2.82. The van der Waals surface area contributed by atoms with E-state index < -0.39 is 11.6 Å². The first-order chi connectivity index (χ1) is 7.13. The molecule has 2 nitrogen and oxygen atoms in total. The Morgan fingerprint density at radius 3 is 2.93 bits per heavy atom. The van der Waals surface area contributed by atoms with Crippen LogP contribution in [0.15, 0.2) is 22.7 Å². The van der Waals surface area contributed by atoms with Gasteiger partial charge < -0.3 is 5.32 Å². The molecule has 1 fully saturated rings. The summed E-state index contributed by atoms with van der Waals surface area (Å²) in [6.07, 6.45) is -0.289. The highest BCUT2D eigenvalue weighted by atomic mass is 79.9. The molecule has 0 radical (unpaired) electrons. The number of hydrogen-bond acceptors (Lipinski definition) is 1. The van der Waals surface area contributed by atoms with Crippen molar-refractivity contribution >= 4 is 21.8 Å². The largest absolute Gasteiger partial charge is 0.351 e. The van der Waals surface area contributed by atoms with Gasteiger partial charge in [0.2, 0.25) is 0 Å². The van der Waals surface area contributed by atoms with Crippen molar-refractivity contribution in [1.29, 1.82) is 0 Å². The number of carbonyl (C=O) groups excluding carboxylic acids is 1.